The Kier molecular flexibility index (Phi) is 4.15. The number of hydrogen-bond acceptors (Lipinski definition) is 3. The Labute approximate surface area is 107 Å². The van der Waals surface area contributed by atoms with Gasteiger partial charge in [-0.1, -0.05) is 0 Å². The van der Waals surface area contributed by atoms with Gasteiger partial charge < -0.3 is 14.2 Å². The molecule has 0 radical (unpaired) electrons. The zero-order valence-corrected chi connectivity index (χ0v) is 10.9. The summed E-state index contributed by atoms with van der Waals surface area (Å²) in [6.07, 6.45) is 9.01. The van der Waals surface area contributed by atoms with E-state index < -0.39 is 0 Å². The Morgan fingerprint density at radius 1 is 1.50 bits per heavy atom. The molecule has 5 heteroatoms. The molecule has 1 fully saturated rings. The highest BCUT2D eigenvalue weighted by molar-refractivity contribution is 5.91. The summed E-state index contributed by atoms with van der Waals surface area (Å²) in [4.78, 5) is 17.2. The molecule has 1 aliphatic rings. The number of ether oxygens (including phenoxy) is 1. The lowest BCUT2D eigenvalue weighted by atomic mass is 10.1. The maximum atomic E-state index is 11.5. The van der Waals surface area contributed by atoms with Crippen molar-refractivity contribution in [3.63, 3.8) is 0 Å². The van der Waals surface area contributed by atoms with Gasteiger partial charge in [-0.15, -0.1) is 0 Å². The molecule has 0 unspecified atom stereocenters. The minimum Gasteiger partial charge on any atom is -0.381 e. The van der Waals surface area contributed by atoms with Crippen LogP contribution >= 0.6 is 0 Å². The predicted octanol–water partition coefficient (Wildman–Crippen LogP) is 1.34. The van der Waals surface area contributed by atoms with E-state index in [0.717, 1.165) is 31.7 Å². The first kappa shape index (κ1) is 12.8. The zero-order valence-electron chi connectivity index (χ0n) is 10.9. The lowest BCUT2D eigenvalue weighted by molar-refractivity contribution is -0.123. The van der Waals surface area contributed by atoms with Gasteiger partial charge in [0.2, 0.25) is 5.91 Å². The number of likely N-dealkylation sites (N-methyl/N-ethyl adjacent to an activating group) is 1. The van der Waals surface area contributed by atoms with E-state index in [1.165, 1.54) is 0 Å². The minimum absolute atomic E-state index is 0.0188. The van der Waals surface area contributed by atoms with E-state index in [1.807, 2.05) is 12.4 Å². The van der Waals surface area contributed by atoms with Crippen LogP contribution in [0.3, 0.4) is 0 Å². The summed E-state index contributed by atoms with van der Waals surface area (Å²) in [5, 5.41) is 0. The second-order valence-electron chi connectivity index (χ2n) is 4.64. The van der Waals surface area contributed by atoms with E-state index in [2.05, 4.69) is 9.55 Å². The average molecular weight is 249 g/mol. The second-order valence-corrected chi connectivity index (χ2v) is 4.64. The molecule has 1 aromatic rings. The van der Waals surface area contributed by atoms with Crippen LogP contribution in [0.15, 0.2) is 18.6 Å². The predicted molar refractivity (Wildman–Crippen MR) is 69.0 cm³/mol. The molecule has 0 spiro atoms. The number of rotatable bonds is 3. The highest BCUT2D eigenvalue weighted by atomic mass is 16.5. The van der Waals surface area contributed by atoms with E-state index in [9.17, 15) is 4.79 Å². The van der Waals surface area contributed by atoms with Crippen LogP contribution in [0.25, 0.3) is 6.08 Å². The normalized spacial score (nSPS) is 17.2. The first-order chi connectivity index (χ1) is 8.68. The Morgan fingerprint density at radius 2 is 2.22 bits per heavy atom. The molecule has 1 amide bonds. The maximum absolute atomic E-state index is 11.5. The summed E-state index contributed by atoms with van der Waals surface area (Å²) in [6, 6.07) is 0.426. The van der Waals surface area contributed by atoms with Crippen molar-refractivity contribution in [1.82, 2.24) is 14.5 Å². The molecule has 0 aromatic carbocycles. The van der Waals surface area contributed by atoms with Crippen LogP contribution in [0.4, 0.5) is 0 Å². The average Bonchev–Trinajstić information content (AvgIpc) is 2.85. The number of amides is 1. The molecule has 1 saturated heterocycles. The maximum Gasteiger partial charge on any atom is 0.246 e. The lowest BCUT2D eigenvalue weighted by Crippen LogP contribution is -2.20. The summed E-state index contributed by atoms with van der Waals surface area (Å²) in [5.41, 5.74) is 0.970. The summed E-state index contributed by atoms with van der Waals surface area (Å²) in [6.45, 7) is 1.59. The molecule has 1 aliphatic heterocycles. The fraction of sp³-hybridized carbons (Fsp3) is 0.538. The van der Waals surface area contributed by atoms with Crippen molar-refractivity contribution in [2.45, 2.75) is 18.9 Å². The highest BCUT2D eigenvalue weighted by Gasteiger charge is 2.16. The standard InChI is InChI=1S/C13H19N3O2/c1-15(2)13(17)4-3-12-9-14-10-16(12)11-5-7-18-8-6-11/h3-4,9-11H,5-8H2,1-2H3. The zero-order chi connectivity index (χ0) is 13.0. The quantitative estimate of drug-likeness (QED) is 0.759. The molecule has 1 aromatic heterocycles. The van der Waals surface area contributed by atoms with Crippen molar-refractivity contribution >= 4 is 12.0 Å². The molecule has 0 saturated carbocycles. The fourth-order valence-electron chi connectivity index (χ4n) is 2.02. The fourth-order valence-corrected chi connectivity index (χ4v) is 2.02. The number of imidazole rings is 1. The number of hydrogen-bond donors (Lipinski definition) is 0. The first-order valence-corrected chi connectivity index (χ1v) is 6.17. The molecule has 0 aliphatic carbocycles. The molecule has 0 atom stereocenters. The van der Waals surface area contributed by atoms with Gasteiger partial charge >= 0.3 is 0 Å². The topological polar surface area (TPSA) is 47.4 Å². The number of nitrogens with zero attached hydrogens (tertiary/aromatic N) is 3. The number of aromatic nitrogens is 2. The van der Waals surface area contributed by atoms with Gasteiger partial charge in [0.1, 0.15) is 0 Å². The Morgan fingerprint density at radius 3 is 2.89 bits per heavy atom. The smallest absolute Gasteiger partial charge is 0.246 e. The first-order valence-electron chi connectivity index (χ1n) is 6.17. The number of carbonyl (C=O) groups is 1. The Balaban J connectivity index is 2.09. The van der Waals surface area contributed by atoms with Crippen LogP contribution in [0.5, 0.6) is 0 Å². The van der Waals surface area contributed by atoms with Crippen molar-refractivity contribution in [2.75, 3.05) is 27.3 Å². The van der Waals surface area contributed by atoms with Crippen molar-refractivity contribution in [3.05, 3.63) is 24.3 Å². The van der Waals surface area contributed by atoms with Crippen LogP contribution in [-0.2, 0) is 9.53 Å². The molecule has 2 rings (SSSR count). The van der Waals surface area contributed by atoms with E-state index >= 15 is 0 Å². The van der Waals surface area contributed by atoms with E-state index in [4.69, 9.17) is 4.74 Å². The third kappa shape index (κ3) is 2.98. The highest BCUT2D eigenvalue weighted by Crippen LogP contribution is 2.22. The third-order valence-electron chi connectivity index (χ3n) is 3.12. The van der Waals surface area contributed by atoms with Crippen LogP contribution in [0.1, 0.15) is 24.6 Å². The van der Waals surface area contributed by atoms with E-state index in [0.29, 0.717) is 6.04 Å². The molecular formula is C13H19N3O2. The van der Waals surface area contributed by atoms with Gasteiger partial charge in [-0.25, -0.2) is 4.98 Å². The summed E-state index contributed by atoms with van der Waals surface area (Å²) < 4.78 is 7.48. The minimum atomic E-state index is -0.0188. The van der Waals surface area contributed by atoms with Crippen molar-refractivity contribution in [2.24, 2.45) is 0 Å². The second kappa shape index (κ2) is 5.82. The van der Waals surface area contributed by atoms with Crippen LogP contribution in [0.2, 0.25) is 0 Å². The molecular weight excluding hydrogens is 230 g/mol. The lowest BCUT2D eigenvalue weighted by Gasteiger charge is -2.24. The Bertz CT molecular complexity index is 431. The molecule has 5 nitrogen and oxygen atoms in total. The van der Waals surface area contributed by atoms with Gasteiger partial charge in [0.25, 0.3) is 0 Å². The SMILES string of the molecule is CN(C)C(=O)C=Cc1cncn1C1CCOCC1. The summed E-state index contributed by atoms with van der Waals surface area (Å²) >= 11 is 0. The summed E-state index contributed by atoms with van der Waals surface area (Å²) in [5.74, 6) is -0.0188. The Hall–Kier alpha value is -1.62. The molecule has 0 N–H and O–H groups in total. The number of carbonyl (C=O) groups excluding carboxylic acids is 1. The van der Waals surface area contributed by atoms with Gasteiger partial charge in [-0.2, -0.15) is 0 Å². The van der Waals surface area contributed by atoms with Crippen molar-refractivity contribution < 1.29 is 9.53 Å². The van der Waals surface area contributed by atoms with Gasteiger partial charge in [0, 0.05) is 39.4 Å². The van der Waals surface area contributed by atoms with Crippen LogP contribution in [-0.4, -0.2) is 47.7 Å². The molecule has 0 bridgehead atoms. The van der Waals surface area contributed by atoms with Gasteiger partial charge in [-0.3, -0.25) is 4.79 Å². The monoisotopic (exact) mass is 249 g/mol. The van der Waals surface area contributed by atoms with Crippen LogP contribution < -0.4 is 0 Å². The van der Waals surface area contributed by atoms with Crippen LogP contribution in [0, 0.1) is 0 Å². The van der Waals surface area contributed by atoms with Crippen molar-refractivity contribution in [3.8, 4) is 0 Å². The van der Waals surface area contributed by atoms with Gasteiger partial charge in [-0.05, 0) is 18.9 Å². The molecule has 2 heterocycles. The molecule has 18 heavy (non-hydrogen) atoms. The largest absolute Gasteiger partial charge is 0.381 e. The van der Waals surface area contributed by atoms with E-state index in [1.54, 1.807) is 31.3 Å². The third-order valence-corrected chi connectivity index (χ3v) is 3.12. The van der Waals surface area contributed by atoms with Gasteiger partial charge in [0.05, 0.1) is 18.2 Å². The van der Waals surface area contributed by atoms with Gasteiger partial charge in [0.15, 0.2) is 0 Å². The van der Waals surface area contributed by atoms with E-state index in [-0.39, 0.29) is 5.91 Å². The molecule has 98 valence electrons. The summed E-state index contributed by atoms with van der Waals surface area (Å²) in [7, 11) is 3.48. The van der Waals surface area contributed by atoms with Crippen molar-refractivity contribution in [1.29, 1.82) is 0 Å².